The maximum atomic E-state index is 12.7. The van der Waals surface area contributed by atoms with Crippen molar-refractivity contribution in [3.63, 3.8) is 0 Å². The molecular weight excluding hydrogens is 448 g/mol. The van der Waals surface area contributed by atoms with Gasteiger partial charge in [0.05, 0.1) is 25.2 Å². The van der Waals surface area contributed by atoms with E-state index in [0.717, 1.165) is 4.90 Å². The van der Waals surface area contributed by atoms with Crippen LogP contribution in [0, 0.1) is 0 Å². The van der Waals surface area contributed by atoms with Crippen molar-refractivity contribution in [1.82, 2.24) is 0 Å². The Morgan fingerprint density at radius 3 is 2.47 bits per heavy atom. The molecule has 3 rings (SSSR count). The normalized spacial score (nSPS) is 11.4. The number of halogens is 1. The van der Waals surface area contributed by atoms with Gasteiger partial charge in [0.25, 0.3) is 5.91 Å². The highest BCUT2D eigenvalue weighted by atomic mass is 35.5. The zero-order valence-corrected chi connectivity index (χ0v) is 19.4. The Hall–Kier alpha value is -3.16. The number of thioether (sulfide) groups is 1. The Labute approximate surface area is 196 Å². The number of carbonyl (C=O) groups excluding carboxylic acids is 2. The van der Waals surface area contributed by atoms with Crippen molar-refractivity contribution in [2.45, 2.75) is 17.1 Å². The zero-order valence-electron chi connectivity index (χ0n) is 17.8. The highest BCUT2D eigenvalue weighted by molar-refractivity contribution is 8.00. The van der Waals surface area contributed by atoms with Gasteiger partial charge in [0.15, 0.2) is 0 Å². The van der Waals surface area contributed by atoms with Crippen LogP contribution in [0.4, 0.5) is 11.4 Å². The molecule has 8 heteroatoms. The lowest BCUT2D eigenvalue weighted by atomic mass is 10.2. The van der Waals surface area contributed by atoms with Crippen molar-refractivity contribution in [1.29, 1.82) is 0 Å². The van der Waals surface area contributed by atoms with Gasteiger partial charge in [-0.1, -0.05) is 23.7 Å². The Balaban J connectivity index is 1.65. The third kappa shape index (κ3) is 6.18. The van der Waals surface area contributed by atoms with E-state index in [0.29, 0.717) is 33.5 Å². The predicted molar refractivity (Wildman–Crippen MR) is 129 cm³/mol. The Kier molecular flexibility index (Phi) is 8.03. The van der Waals surface area contributed by atoms with Crippen LogP contribution in [0.5, 0.6) is 11.5 Å². The van der Waals surface area contributed by atoms with Gasteiger partial charge in [0, 0.05) is 21.2 Å². The molecule has 0 fully saturated rings. The van der Waals surface area contributed by atoms with Gasteiger partial charge in [-0.3, -0.25) is 9.59 Å². The first kappa shape index (κ1) is 23.5. The molecule has 6 nitrogen and oxygen atoms in total. The first-order chi connectivity index (χ1) is 15.4. The molecule has 0 aliphatic heterocycles. The van der Waals surface area contributed by atoms with Crippen LogP contribution in [-0.2, 0) is 4.79 Å². The van der Waals surface area contributed by atoms with Gasteiger partial charge in [-0.15, -0.1) is 11.8 Å². The largest absolute Gasteiger partial charge is 0.497 e. The molecule has 0 saturated carbocycles. The topological polar surface area (TPSA) is 76.7 Å². The van der Waals surface area contributed by atoms with Crippen molar-refractivity contribution in [2.75, 3.05) is 24.9 Å². The Bertz CT molecular complexity index is 1120. The molecule has 166 valence electrons. The summed E-state index contributed by atoms with van der Waals surface area (Å²) in [5.74, 6) is 0.701. The summed E-state index contributed by atoms with van der Waals surface area (Å²) >= 11 is 7.41. The summed E-state index contributed by atoms with van der Waals surface area (Å²) in [6.45, 7) is 1.80. The predicted octanol–water partition coefficient (Wildman–Crippen LogP) is 5.73. The molecular formula is C24H23ClN2O4S. The van der Waals surface area contributed by atoms with E-state index in [1.165, 1.54) is 18.9 Å². The fourth-order valence-electron chi connectivity index (χ4n) is 2.88. The monoisotopic (exact) mass is 470 g/mol. The van der Waals surface area contributed by atoms with E-state index in [9.17, 15) is 9.59 Å². The molecule has 3 aromatic rings. The van der Waals surface area contributed by atoms with Crippen molar-refractivity contribution in [2.24, 2.45) is 0 Å². The lowest BCUT2D eigenvalue weighted by Gasteiger charge is -2.15. The lowest BCUT2D eigenvalue weighted by molar-refractivity contribution is -0.115. The summed E-state index contributed by atoms with van der Waals surface area (Å²) in [5, 5.41) is 5.83. The van der Waals surface area contributed by atoms with Crippen molar-refractivity contribution >= 4 is 46.6 Å². The van der Waals surface area contributed by atoms with E-state index < -0.39 is 5.25 Å². The zero-order chi connectivity index (χ0) is 23.1. The molecule has 0 aromatic heterocycles. The van der Waals surface area contributed by atoms with E-state index in [4.69, 9.17) is 21.1 Å². The highest BCUT2D eigenvalue weighted by Gasteiger charge is 2.17. The number of nitrogens with one attached hydrogen (secondary N) is 2. The van der Waals surface area contributed by atoms with Gasteiger partial charge in [-0.2, -0.15) is 0 Å². The van der Waals surface area contributed by atoms with Crippen LogP contribution in [0.1, 0.15) is 17.3 Å². The van der Waals surface area contributed by atoms with Crippen LogP contribution >= 0.6 is 23.4 Å². The van der Waals surface area contributed by atoms with E-state index >= 15 is 0 Å². The van der Waals surface area contributed by atoms with Crippen molar-refractivity contribution in [3.05, 3.63) is 77.3 Å². The van der Waals surface area contributed by atoms with Gasteiger partial charge in [-0.25, -0.2) is 0 Å². The van der Waals surface area contributed by atoms with Crippen LogP contribution in [-0.4, -0.2) is 31.3 Å². The summed E-state index contributed by atoms with van der Waals surface area (Å²) in [5.41, 5.74) is 1.63. The van der Waals surface area contributed by atoms with Crippen molar-refractivity contribution in [3.8, 4) is 11.5 Å². The molecule has 0 aliphatic carbocycles. The number of benzene rings is 3. The van der Waals surface area contributed by atoms with Gasteiger partial charge < -0.3 is 20.1 Å². The van der Waals surface area contributed by atoms with Gasteiger partial charge in [-0.05, 0) is 61.5 Å². The first-order valence-corrected chi connectivity index (χ1v) is 11.0. The second kappa shape index (κ2) is 10.9. The van der Waals surface area contributed by atoms with Gasteiger partial charge in [0.2, 0.25) is 5.91 Å². The number of amides is 2. The van der Waals surface area contributed by atoms with Crippen LogP contribution in [0.3, 0.4) is 0 Å². The first-order valence-electron chi connectivity index (χ1n) is 9.76. The third-order valence-corrected chi connectivity index (χ3v) is 5.85. The minimum Gasteiger partial charge on any atom is -0.497 e. The smallest absolute Gasteiger partial charge is 0.255 e. The average molecular weight is 471 g/mol. The summed E-state index contributed by atoms with van der Waals surface area (Å²) in [6.07, 6.45) is 0. The maximum absolute atomic E-state index is 12.7. The van der Waals surface area contributed by atoms with Crippen LogP contribution < -0.4 is 20.1 Å². The number of ether oxygens (including phenoxy) is 2. The SMILES string of the molecule is COc1cccc(C(=O)Nc2cccc(SC(C)C(=O)Nc3cc(Cl)ccc3OC)c2)c1. The van der Waals surface area contributed by atoms with Gasteiger partial charge in [0.1, 0.15) is 11.5 Å². The molecule has 0 aliphatic rings. The molecule has 0 heterocycles. The van der Waals surface area contributed by atoms with Crippen LogP contribution in [0.15, 0.2) is 71.6 Å². The molecule has 1 atom stereocenters. The molecule has 32 heavy (non-hydrogen) atoms. The number of rotatable bonds is 8. The highest BCUT2D eigenvalue weighted by Crippen LogP contribution is 2.30. The summed E-state index contributed by atoms with van der Waals surface area (Å²) in [7, 11) is 3.08. The standard InChI is InChI=1S/C24H23ClN2O4S/c1-15(23(28)27-21-13-17(25)10-11-22(21)31-3)32-20-9-5-7-18(14-20)26-24(29)16-6-4-8-19(12-16)30-2/h4-15H,1-3H3,(H,26,29)(H,27,28). The van der Waals surface area contributed by atoms with E-state index in [2.05, 4.69) is 10.6 Å². The Morgan fingerprint density at radius 2 is 1.72 bits per heavy atom. The molecule has 0 bridgehead atoms. The molecule has 2 N–H and O–H groups in total. The third-order valence-electron chi connectivity index (χ3n) is 4.53. The molecule has 3 aromatic carbocycles. The van der Waals surface area contributed by atoms with Crippen LogP contribution in [0.2, 0.25) is 5.02 Å². The number of carbonyl (C=O) groups is 2. The maximum Gasteiger partial charge on any atom is 0.255 e. The molecule has 0 radical (unpaired) electrons. The van der Waals surface area contributed by atoms with Gasteiger partial charge >= 0.3 is 0 Å². The van der Waals surface area contributed by atoms with E-state index in [1.807, 2.05) is 18.2 Å². The minimum atomic E-state index is -0.400. The number of hydrogen-bond acceptors (Lipinski definition) is 5. The van der Waals surface area contributed by atoms with Crippen LogP contribution in [0.25, 0.3) is 0 Å². The number of hydrogen-bond donors (Lipinski definition) is 2. The number of anilines is 2. The molecule has 0 saturated heterocycles. The molecule has 2 amide bonds. The van der Waals surface area contributed by atoms with Crippen molar-refractivity contribution < 1.29 is 19.1 Å². The second-order valence-corrected chi connectivity index (χ2v) is 8.66. The molecule has 1 unspecified atom stereocenters. The van der Waals surface area contributed by atoms with E-state index in [1.54, 1.807) is 62.6 Å². The summed E-state index contributed by atoms with van der Waals surface area (Å²) < 4.78 is 10.4. The minimum absolute atomic E-state index is 0.193. The fraction of sp³-hybridized carbons (Fsp3) is 0.167. The average Bonchev–Trinajstić information content (AvgIpc) is 2.79. The quantitative estimate of drug-likeness (QED) is 0.411. The second-order valence-electron chi connectivity index (χ2n) is 6.81. The summed E-state index contributed by atoms with van der Waals surface area (Å²) in [4.78, 5) is 26.1. The Morgan fingerprint density at radius 1 is 0.938 bits per heavy atom. The fourth-order valence-corrected chi connectivity index (χ4v) is 3.98. The lowest BCUT2D eigenvalue weighted by Crippen LogP contribution is -2.22. The number of methoxy groups -OCH3 is 2. The summed E-state index contributed by atoms with van der Waals surface area (Å²) in [6, 6.07) is 19.3. The van der Waals surface area contributed by atoms with E-state index in [-0.39, 0.29) is 11.8 Å². The molecule has 0 spiro atoms.